The molecule has 0 saturated heterocycles. The van der Waals surface area contributed by atoms with Crippen LogP contribution >= 0.6 is 11.6 Å². The number of alkyl halides is 3. The van der Waals surface area contributed by atoms with Gasteiger partial charge >= 0.3 is 6.18 Å². The topological polar surface area (TPSA) is 38.1 Å². The van der Waals surface area contributed by atoms with Crippen molar-refractivity contribution < 1.29 is 22.4 Å². The molecule has 1 aromatic heterocycles. The molecule has 3 rings (SSSR count). The smallest absolute Gasteiger partial charge is 0.333 e. The van der Waals surface area contributed by atoms with Gasteiger partial charge in [-0.2, -0.15) is 13.2 Å². The van der Waals surface area contributed by atoms with E-state index in [0.29, 0.717) is 23.4 Å². The van der Waals surface area contributed by atoms with Gasteiger partial charge in [0.2, 0.25) is 6.41 Å². The first-order valence-corrected chi connectivity index (χ1v) is 8.41. The second-order valence-corrected chi connectivity index (χ2v) is 6.45. The van der Waals surface area contributed by atoms with E-state index in [1.807, 2.05) is 0 Å². The van der Waals surface area contributed by atoms with E-state index in [1.54, 1.807) is 18.5 Å². The van der Waals surface area contributed by atoms with Gasteiger partial charge < -0.3 is 4.57 Å². The number of hydrogen-bond donors (Lipinski definition) is 0. The van der Waals surface area contributed by atoms with Crippen LogP contribution in [0.5, 0.6) is 0 Å². The summed E-state index contributed by atoms with van der Waals surface area (Å²) >= 11 is 5.97. The maximum Gasteiger partial charge on any atom is 0.416 e. The van der Waals surface area contributed by atoms with Gasteiger partial charge in [0.05, 0.1) is 34.7 Å². The molecule has 0 aliphatic carbocycles. The third kappa shape index (κ3) is 3.47. The van der Waals surface area contributed by atoms with Gasteiger partial charge in [0.1, 0.15) is 10.8 Å². The normalized spacial score (nSPS) is 11.5. The van der Waals surface area contributed by atoms with Crippen molar-refractivity contribution in [3.8, 4) is 11.3 Å². The highest BCUT2D eigenvalue weighted by Gasteiger charge is 2.32. The molecule has 146 valence electrons. The lowest BCUT2D eigenvalue weighted by atomic mass is 10.0. The minimum absolute atomic E-state index is 0.0722. The minimum Gasteiger partial charge on any atom is -0.333 e. The molecule has 9 heteroatoms. The summed E-state index contributed by atoms with van der Waals surface area (Å²) in [6.45, 7) is 1.69. The van der Waals surface area contributed by atoms with Crippen LogP contribution < -0.4 is 4.90 Å². The molecule has 0 N–H and O–H groups in total. The Labute approximate surface area is 163 Å². The van der Waals surface area contributed by atoms with Gasteiger partial charge in [-0.05, 0) is 31.2 Å². The Morgan fingerprint density at radius 3 is 2.46 bits per heavy atom. The Morgan fingerprint density at radius 1 is 1.18 bits per heavy atom. The van der Waals surface area contributed by atoms with Gasteiger partial charge in [-0.1, -0.05) is 23.7 Å². The molecule has 0 atom stereocenters. The van der Waals surface area contributed by atoms with Gasteiger partial charge in [-0.3, -0.25) is 9.69 Å². The van der Waals surface area contributed by atoms with Crippen LogP contribution in [0.15, 0.2) is 42.7 Å². The maximum atomic E-state index is 13.9. The Bertz CT molecular complexity index is 1030. The second-order valence-electron chi connectivity index (χ2n) is 6.07. The zero-order valence-corrected chi connectivity index (χ0v) is 15.5. The summed E-state index contributed by atoms with van der Waals surface area (Å²) in [7, 11) is 1.68. The van der Waals surface area contributed by atoms with E-state index in [1.165, 1.54) is 24.5 Å². The van der Waals surface area contributed by atoms with Crippen LogP contribution in [-0.4, -0.2) is 16.0 Å². The van der Waals surface area contributed by atoms with E-state index in [4.69, 9.17) is 11.6 Å². The Balaban J connectivity index is 2.32. The van der Waals surface area contributed by atoms with Crippen LogP contribution in [0.3, 0.4) is 0 Å². The number of anilines is 2. The van der Waals surface area contributed by atoms with Gasteiger partial charge in [0, 0.05) is 12.6 Å². The molecule has 1 heterocycles. The zero-order valence-electron chi connectivity index (χ0n) is 14.8. The average Bonchev–Trinajstić information content (AvgIpc) is 2.97. The Kier molecular flexibility index (Phi) is 5.16. The van der Waals surface area contributed by atoms with Crippen molar-refractivity contribution in [3.05, 3.63) is 64.8 Å². The monoisotopic (exact) mass is 411 g/mol. The molecule has 0 saturated carbocycles. The van der Waals surface area contributed by atoms with E-state index in [0.717, 1.165) is 23.1 Å². The molecule has 0 aliphatic heterocycles. The quantitative estimate of drug-likeness (QED) is 0.420. The number of benzene rings is 2. The average molecular weight is 412 g/mol. The third-order valence-corrected chi connectivity index (χ3v) is 4.63. The van der Waals surface area contributed by atoms with E-state index >= 15 is 0 Å². The van der Waals surface area contributed by atoms with E-state index in [9.17, 15) is 22.4 Å². The largest absolute Gasteiger partial charge is 0.416 e. The van der Waals surface area contributed by atoms with Crippen molar-refractivity contribution in [1.29, 1.82) is 0 Å². The van der Waals surface area contributed by atoms with E-state index in [2.05, 4.69) is 4.98 Å². The van der Waals surface area contributed by atoms with Crippen LogP contribution in [-0.2, 0) is 18.0 Å². The Morgan fingerprint density at radius 2 is 1.89 bits per heavy atom. The summed E-state index contributed by atoms with van der Waals surface area (Å²) in [4.78, 5) is 16.9. The fourth-order valence-electron chi connectivity index (χ4n) is 2.96. The molecular weight excluding hydrogens is 398 g/mol. The first-order valence-electron chi connectivity index (χ1n) is 8.03. The van der Waals surface area contributed by atoms with Crippen molar-refractivity contribution in [2.24, 2.45) is 7.05 Å². The van der Waals surface area contributed by atoms with Crippen LogP contribution in [0.4, 0.5) is 28.9 Å². The highest BCUT2D eigenvalue weighted by Crippen LogP contribution is 2.42. The lowest BCUT2D eigenvalue weighted by Crippen LogP contribution is -2.18. The molecule has 28 heavy (non-hydrogen) atoms. The zero-order chi connectivity index (χ0) is 20.6. The number of rotatable bonds is 4. The van der Waals surface area contributed by atoms with E-state index in [-0.39, 0.29) is 16.4 Å². The van der Waals surface area contributed by atoms with Crippen molar-refractivity contribution in [2.45, 2.75) is 13.1 Å². The molecule has 4 nitrogen and oxygen atoms in total. The number of aryl methyl sites for hydroxylation is 2. The number of amides is 1. The molecule has 3 aromatic rings. The predicted octanol–water partition coefficient (Wildman–Crippen LogP) is 5.50. The summed E-state index contributed by atoms with van der Waals surface area (Å²) in [5.74, 6) is -0.795. The lowest BCUT2D eigenvalue weighted by Gasteiger charge is -2.24. The molecule has 0 bridgehead atoms. The molecule has 0 fully saturated rings. The molecule has 0 unspecified atom stereocenters. The van der Waals surface area contributed by atoms with Crippen LogP contribution in [0.2, 0.25) is 5.02 Å². The fourth-order valence-corrected chi connectivity index (χ4v) is 3.18. The fraction of sp³-hybridized carbons (Fsp3) is 0.158. The SMILES string of the molecule is Cc1ncn(C)c1-c1ccc(C(F)(F)F)cc1N(C=O)c1cccc(F)c1Cl. The van der Waals surface area contributed by atoms with E-state index < -0.39 is 17.6 Å². The van der Waals surface area contributed by atoms with Gasteiger partial charge in [-0.25, -0.2) is 9.37 Å². The maximum absolute atomic E-state index is 13.9. The number of carbonyl (C=O) groups excluding carboxylic acids is 1. The third-order valence-electron chi connectivity index (χ3n) is 4.26. The first-order chi connectivity index (χ1) is 13.1. The number of hydrogen-bond acceptors (Lipinski definition) is 2. The molecule has 2 aromatic carbocycles. The number of aromatic nitrogens is 2. The van der Waals surface area contributed by atoms with Gasteiger partial charge in [-0.15, -0.1) is 0 Å². The van der Waals surface area contributed by atoms with Crippen LogP contribution in [0.1, 0.15) is 11.3 Å². The van der Waals surface area contributed by atoms with Crippen molar-refractivity contribution in [3.63, 3.8) is 0 Å². The summed E-state index contributed by atoms with van der Waals surface area (Å²) in [5.41, 5.74) is 0.271. The Hall–Kier alpha value is -2.87. The summed E-state index contributed by atoms with van der Waals surface area (Å²) < 4.78 is 55.4. The number of carbonyl (C=O) groups is 1. The summed E-state index contributed by atoms with van der Waals surface area (Å²) in [6, 6.07) is 6.76. The first kappa shape index (κ1) is 19.9. The summed E-state index contributed by atoms with van der Waals surface area (Å²) in [5, 5.41) is -0.375. The number of imidazole rings is 1. The van der Waals surface area contributed by atoms with Crippen molar-refractivity contribution in [2.75, 3.05) is 4.90 Å². The second kappa shape index (κ2) is 7.27. The van der Waals surface area contributed by atoms with Gasteiger partial charge in [0.15, 0.2) is 0 Å². The molecular formula is C19H14ClF4N3O. The van der Waals surface area contributed by atoms with Crippen molar-refractivity contribution in [1.82, 2.24) is 9.55 Å². The lowest BCUT2D eigenvalue weighted by molar-refractivity contribution is -0.137. The molecule has 1 amide bonds. The molecule has 0 spiro atoms. The minimum atomic E-state index is -4.63. The standard InChI is InChI=1S/C19H14ClF4N3O/c1-11-18(26(2)9-25-11)13-7-6-12(19(22,23)24)8-16(13)27(10-28)15-5-3-4-14(21)17(15)20/h3-10H,1-2H3. The highest BCUT2D eigenvalue weighted by atomic mass is 35.5. The number of nitrogens with zero attached hydrogens (tertiary/aromatic N) is 3. The highest BCUT2D eigenvalue weighted by molar-refractivity contribution is 6.34. The van der Waals surface area contributed by atoms with Crippen molar-refractivity contribution >= 4 is 29.4 Å². The molecule has 0 aliphatic rings. The summed E-state index contributed by atoms with van der Waals surface area (Å²) in [6.07, 6.45) is -2.83. The number of halogens is 5. The van der Waals surface area contributed by atoms with Crippen LogP contribution in [0, 0.1) is 12.7 Å². The van der Waals surface area contributed by atoms with Crippen LogP contribution in [0.25, 0.3) is 11.3 Å². The van der Waals surface area contributed by atoms with Gasteiger partial charge in [0.25, 0.3) is 0 Å². The predicted molar refractivity (Wildman–Crippen MR) is 98.0 cm³/mol. The molecule has 0 radical (unpaired) electrons.